The SMILES string of the molecule is CC(CS(C)(=O)=O)NS(=O)(=O)CCCCl. The lowest BCUT2D eigenvalue weighted by Gasteiger charge is -2.12. The van der Waals surface area contributed by atoms with Crippen molar-refractivity contribution in [1.82, 2.24) is 4.72 Å². The van der Waals surface area contributed by atoms with Crippen LogP contribution >= 0.6 is 11.6 Å². The van der Waals surface area contributed by atoms with Crippen LogP contribution in [0, 0.1) is 0 Å². The topological polar surface area (TPSA) is 80.3 Å². The molecular formula is C7H16ClNO4S2. The zero-order valence-electron chi connectivity index (χ0n) is 8.73. The molecule has 0 saturated heterocycles. The Morgan fingerprint density at radius 2 is 1.80 bits per heavy atom. The van der Waals surface area contributed by atoms with Crippen molar-refractivity contribution >= 4 is 31.5 Å². The fourth-order valence-electron chi connectivity index (χ4n) is 1.10. The zero-order valence-corrected chi connectivity index (χ0v) is 11.1. The Hall–Kier alpha value is 0.150. The van der Waals surface area contributed by atoms with E-state index in [0.717, 1.165) is 6.26 Å². The van der Waals surface area contributed by atoms with Gasteiger partial charge >= 0.3 is 0 Å². The molecule has 8 heteroatoms. The van der Waals surface area contributed by atoms with Crippen molar-refractivity contribution < 1.29 is 16.8 Å². The monoisotopic (exact) mass is 277 g/mol. The van der Waals surface area contributed by atoms with Gasteiger partial charge in [0.15, 0.2) is 0 Å². The van der Waals surface area contributed by atoms with E-state index in [4.69, 9.17) is 11.6 Å². The number of hydrogen-bond donors (Lipinski definition) is 1. The van der Waals surface area contributed by atoms with E-state index in [0.29, 0.717) is 6.42 Å². The van der Waals surface area contributed by atoms with Gasteiger partial charge in [-0.25, -0.2) is 21.6 Å². The van der Waals surface area contributed by atoms with E-state index in [1.165, 1.54) is 6.92 Å². The van der Waals surface area contributed by atoms with Gasteiger partial charge in [0.2, 0.25) is 10.0 Å². The highest BCUT2D eigenvalue weighted by Gasteiger charge is 2.17. The summed E-state index contributed by atoms with van der Waals surface area (Å²) in [5.41, 5.74) is 0. The van der Waals surface area contributed by atoms with E-state index in [1.54, 1.807) is 0 Å². The molecule has 1 N–H and O–H groups in total. The highest BCUT2D eigenvalue weighted by molar-refractivity contribution is 7.91. The third kappa shape index (κ3) is 9.10. The van der Waals surface area contributed by atoms with Crippen LogP contribution < -0.4 is 4.72 Å². The van der Waals surface area contributed by atoms with Crippen LogP contribution in [0.5, 0.6) is 0 Å². The number of halogens is 1. The van der Waals surface area contributed by atoms with Gasteiger partial charge in [-0.1, -0.05) is 0 Å². The summed E-state index contributed by atoms with van der Waals surface area (Å²) in [4.78, 5) is 0. The summed E-state index contributed by atoms with van der Waals surface area (Å²) in [7, 11) is -6.58. The molecule has 92 valence electrons. The summed E-state index contributed by atoms with van der Waals surface area (Å²) in [6, 6.07) is -0.611. The van der Waals surface area contributed by atoms with Crippen LogP contribution in [-0.4, -0.2) is 46.5 Å². The molecule has 0 heterocycles. The van der Waals surface area contributed by atoms with Crippen molar-refractivity contribution in [2.24, 2.45) is 0 Å². The highest BCUT2D eigenvalue weighted by Crippen LogP contribution is 1.97. The summed E-state index contributed by atoms with van der Waals surface area (Å²) in [6.45, 7) is 1.51. The molecule has 1 unspecified atom stereocenters. The lowest BCUT2D eigenvalue weighted by Crippen LogP contribution is -2.38. The fourth-order valence-corrected chi connectivity index (χ4v) is 3.83. The van der Waals surface area contributed by atoms with E-state index in [-0.39, 0.29) is 17.4 Å². The number of nitrogens with one attached hydrogen (secondary N) is 1. The first-order valence-corrected chi connectivity index (χ1v) is 8.65. The second-order valence-electron chi connectivity index (χ2n) is 3.47. The smallest absolute Gasteiger partial charge is 0.211 e. The standard InChI is InChI=1S/C7H16ClNO4S2/c1-7(6-14(2,10)11)9-15(12,13)5-3-4-8/h7,9H,3-6H2,1-2H3. The lowest BCUT2D eigenvalue weighted by atomic mass is 10.4. The third-order valence-corrected chi connectivity index (χ3v) is 4.44. The first-order chi connectivity index (χ1) is 6.66. The van der Waals surface area contributed by atoms with Crippen LogP contribution in [0.1, 0.15) is 13.3 Å². The quantitative estimate of drug-likeness (QED) is 0.663. The maximum Gasteiger partial charge on any atom is 0.211 e. The van der Waals surface area contributed by atoms with Crippen molar-refractivity contribution in [3.8, 4) is 0 Å². The Kier molecular flexibility index (Phi) is 6.09. The molecule has 0 aromatic heterocycles. The van der Waals surface area contributed by atoms with Gasteiger partial charge in [0.1, 0.15) is 9.84 Å². The number of sulfonamides is 1. The first kappa shape index (κ1) is 15.2. The molecule has 0 bridgehead atoms. The van der Waals surface area contributed by atoms with Gasteiger partial charge in [0, 0.05) is 18.2 Å². The average Bonchev–Trinajstić information content (AvgIpc) is 1.95. The highest BCUT2D eigenvalue weighted by atomic mass is 35.5. The Balaban J connectivity index is 4.23. The molecule has 5 nitrogen and oxygen atoms in total. The minimum atomic E-state index is -3.41. The predicted octanol–water partition coefficient (Wildman–Crippen LogP) is -0.0322. The maximum atomic E-state index is 11.3. The Labute approximate surface area is 96.2 Å². The second-order valence-corrected chi connectivity index (χ2v) is 7.91. The van der Waals surface area contributed by atoms with Crippen LogP contribution in [0.3, 0.4) is 0 Å². The van der Waals surface area contributed by atoms with Gasteiger partial charge in [0.25, 0.3) is 0 Å². The minimum absolute atomic E-state index is 0.0788. The molecule has 0 aromatic carbocycles. The average molecular weight is 278 g/mol. The van der Waals surface area contributed by atoms with Crippen LogP contribution in [0.15, 0.2) is 0 Å². The molecule has 1 atom stereocenters. The van der Waals surface area contributed by atoms with Crippen molar-refractivity contribution in [2.75, 3.05) is 23.6 Å². The van der Waals surface area contributed by atoms with Gasteiger partial charge < -0.3 is 0 Å². The Bertz CT molecular complexity index is 376. The number of rotatable bonds is 7. The molecular weight excluding hydrogens is 262 g/mol. The van der Waals surface area contributed by atoms with Crippen LogP contribution in [0.2, 0.25) is 0 Å². The van der Waals surface area contributed by atoms with Crippen molar-refractivity contribution in [3.05, 3.63) is 0 Å². The van der Waals surface area contributed by atoms with E-state index in [2.05, 4.69) is 4.72 Å². The minimum Gasteiger partial charge on any atom is -0.229 e. The molecule has 0 radical (unpaired) electrons. The maximum absolute atomic E-state index is 11.3. The first-order valence-electron chi connectivity index (χ1n) is 4.40. The van der Waals surface area contributed by atoms with E-state index >= 15 is 0 Å². The van der Waals surface area contributed by atoms with Crippen LogP contribution in [0.4, 0.5) is 0 Å². The number of alkyl halides is 1. The Morgan fingerprint density at radius 1 is 1.27 bits per heavy atom. The predicted molar refractivity (Wildman–Crippen MR) is 61.4 cm³/mol. The largest absolute Gasteiger partial charge is 0.229 e. The van der Waals surface area contributed by atoms with Crippen LogP contribution in [-0.2, 0) is 19.9 Å². The molecule has 0 aliphatic carbocycles. The molecule has 0 aliphatic heterocycles. The molecule has 0 rings (SSSR count). The number of hydrogen-bond acceptors (Lipinski definition) is 4. The molecule has 0 amide bonds. The van der Waals surface area contributed by atoms with Crippen molar-refractivity contribution in [3.63, 3.8) is 0 Å². The van der Waals surface area contributed by atoms with E-state index < -0.39 is 25.9 Å². The summed E-state index contributed by atoms with van der Waals surface area (Å²) in [5.74, 6) is -0.0148. The van der Waals surface area contributed by atoms with Crippen molar-refractivity contribution in [2.45, 2.75) is 19.4 Å². The normalized spacial score (nSPS) is 15.1. The molecule has 0 aromatic rings. The molecule has 15 heavy (non-hydrogen) atoms. The fraction of sp³-hybridized carbons (Fsp3) is 1.00. The summed E-state index contributed by atoms with van der Waals surface area (Å²) in [5, 5.41) is 0. The lowest BCUT2D eigenvalue weighted by molar-refractivity contribution is 0.563. The van der Waals surface area contributed by atoms with Gasteiger partial charge in [-0.15, -0.1) is 11.6 Å². The second kappa shape index (κ2) is 6.03. The number of sulfone groups is 1. The third-order valence-electron chi connectivity index (χ3n) is 1.48. The van der Waals surface area contributed by atoms with Crippen molar-refractivity contribution in [1.29, 1.82) is 0 Å². The van der Waals surface area contributed by atoms with Gasteiger partial charge in [-0.3, -0.25) is 0 Å². The van der Waals surface area contributed by atoms with Crippen LogP contribution in [0.25, 0.3) is 0 Å². The molecule has 0 spiro atoms. The molecule has 0 aliphatic rings. The summed E-state index contributed by atoms with van der Waals surface area (Å²) in [6.07, 6.45) is 1.42. The zero-order chi connectivity index (χ0) is 12.1. The van der Waals surface area contributed by atoms with Gasteiger partial charge in [-0.05, 0) is 13.3 Å². The van der Waals surface area contributed by atoms with Gasteiger partial charge in [0.05, 0.1) is 11.5 Å². The summed E-state index contributed by atoms with van der Waals surface area (Å²) >= 11 is 5.36. The molecule has 0 saturated carbocycles. The van der Waals surface area contributed by atoms with E-state index in [9.17, 15) is 16.8 Å². The molecule has 0 fully saturated rings. The van der Waals surface area contributed by atoms with E-state index in [1.807, 2.05) is 0 Å². The Morgan fingerprint density at radius 3 is 2.20 bits per heavy atom. The van der Waals surface area contributed by atoms with Gasteiger partial charge in [-0.2, -0.15) is 0 Å². The summed E-state index contributed by atoms with van der Waals surface area (Å²) < 4.78 is 46.7.